The van der Waals surface area contributed by atoms with E-state index in [1.807, 2.05) is 6.07 Å². The molecule has 3 rings (SSSR count). The normalized spacial score (nSPS) is 16.5. The Hall–Kier alpha value is -2.20. The third kappa shape index (κ3) is 3.19. The number of nitrogens with one attached hydrogen (secondary N) is 1. The molecule has 0 fully saturated rings. The molecule has 134 valence electrons. The van der Waals surface area contributed by atoms with E-state index in [4.69, 9.17) is 14.2 Å². The number of hydrogen-bond acceptors (Lipinski definition) is 4. The number of hydrogen-bond donors (Lipinski definition) is 1. The Morgan fingerprint density at radius 3 is 2.28 bits per heavy atom. The van der Waals surface area contributed by atoms with Crippen LogP contribution in [0.4, 0.5) is 0 Å². The van der Waals surface area contributed by atoms with Crippen LogP contribution in [0.25, 0.3) is 0 Å². The average molecular weight is 341 g/mol. The summed E-state index contributed by atoms with van der Waals surface area (Å²) in [6.07, 6.45) is 0.915. The number of methoxy groups -OCH3 is 3. The summed E-state index contributed by atoms with van der Waals surface area (Å²) in [5.74, 6) is 3.01. The highest BCUT2D eigenvalue weighted by molar-refractivity contribution is 5.56. The van der Waals surface area contributed by atoms with Gasteiger partial charge in [0.2, 0.25) is 0 Å². The summed E-state index contributed by atoms with van der Waals surface area (Å²) in [4.78, 5) is 0. The predicted octanol–water partition coefficient (Wildman–Crippen LogP) is 4.07. The molecule has 0 aromatic heterocycles. The van der Waals surface area contributed by atoms with E-state index in [1.165, 1.54) is 16.7 Å². The fourth-order valence-electron chi connectivity index (χ4n) is 3.59. The van der Waals surface area contributed by atoms with E-state index < -0.39 is 0 Å². The van der Waals surface area contributed by atoms with E-state index in [2.05, 4.69) is 43.4 Å². The van der Waals surface area contributed by atoms with Gasteiger partial charge in [0.25, 0.3) is 0 Å². The summed E-state index contributed by atoms with van der Waals surface area (Å²) in [5, 5.41) is 3.63. The lowest BCUT2D eigenvalue weighted by Gasteiger charge is -2.30. The Kier molecular flexibility index (Phi) is 5.19. The standard InChI is InChI=1S/C21H27NO3/c1-13(2)14-6-7-17(19(12-14)24-4)20-15-8-9-18(23-3)21(25-5)16(15)10-11-22-20/h6-9,12-13,20,22H,10-11H2,1-5H3. The van der Waals surface area contributed by atoms with Crippen LogP contribution >= 0.6 is 0 Å². The van der Waals surface area contributed by atoms with Gasteiger partial charge in [0.05, 0.1) is 27.4 Å². The molecule has 0 spiro atoms. The summed E-state index contributed by atoms with van der Waals surface area (Å²) >= 11 is 0. The monoisotopic (exact) mass is 341 g/mol. The lowest BCUT2D eigenvalue weighted by atomic mass is 9.87. The fraction of sp³-hybridized carbons (Fsp3) is 0.429. The van der Waals surface area contributed by atoms with Gasteiger partial charge >= 0.3 is 0 Å². The zero-order chi connectivity index (χ0) is 18.0. The van der Waals surface area contributed by atoms with Gasteiger partial charge in [-0.2, -0.15) is 0 Å². The van der Waals surface area contributed by atoms with E-state index in [0.29, 0.717) is 5.92 Å². The fourth-order valence-corrected chi connectivity index (χ4v) is 3.59. The predicted molar refractivity (Wildman–Crippen MR) is 100 cm³/mol. The molecule has 1 unspecified atom stereocenters. The van der Waals surface area contributed by atoms with Crippen molar-refractivity contribution in [2.75, 3.05) is 27.9 Å². The zero-order valence-electron chi connectivity index (χ0n) is 15.7. The molecule has 1 aliphatic heterocycles. The summed E-state index contributed by atoms with van der Waals surface area (Å²) in [7, 11) is 5.12. The smallest absolute Gasteiger partial charge is 0.164 e. The van der Waals surface area contributed by atoms with Gasteiger partial charge in [-0.1, -0.05) is 32.0 Å². The van der Waals surface area contributed by atoms with Crippen molar-refractivity contribution in [1.29, 1.82) is 0 Å². The number of rotatable bonds is 5. The quantitative estimate of drug-likeness (QED) is 0.890. The van der Waals surface area contributed by atoms with Gasteiger partial charge in [-0.25, -0.2) is 0 Å². The summed E-state index contributed by atoms with van der Waals surface area (Å²) in [6, 6.07) is 10.7. The van der Waals surface area contributed by atoms with Gasteiger partial charge in [0.1, 0.15) is 5.75 Å². The van der Waals surface area contributed by atoms with Crippen molar-refractivity contribution in [2.24, 2.45) is 0 Å². The molecule has 0 amide bonds. The molecule has 0 radical (unpaired) electrons. The van der Waals surface area contributed by atoms with Crippen LogP contribution in [0, 0.1) is 0 Å². The SMILES string of the molecule is COc1cc(C(C)C)ccc1C1NCCc2c1ccc(OC)c2OC. The molecule has 25 heavy (non-hydrogen) atoms. The van der Waals surface area contributed by atoms with Crippen LogP contribution in [0.2, 0.25) is 0 Å². The zero-order valence-corrected chi connectivity index (χ0v) is 15.7. The summed E-state index contributed by atoms with van der Waals surface area (Å²) < 4.78 is 16.8. The second-order valence-electron chi connectivity index (χ2n) is 6.66. The maximum Gasteiger partial charge on any atom is 0.164 e. The van der Waals surface area contributed by atoms with E-state index in [1.54, 1.807) is 21.3 Å². The van der Waals surface area contributed by atoms with Gasteiger partial charge in [0, 0.05) is 17.7 Å². The maximum atomic E-state index is 5.71. The minimum absolute atomic E-state index is 0.0831. The Bertz CT molecular complexity index is 755. The Labute approximate surface area is 150 Å². The van der Waals surface area contributed by atoms with Gasteiger partial charge in [-0.3, -0.25) is 0 Å². The summed E-state index contributed by atoms with van der Waals surface area (Å²) in [6.45, 7) is 5.27. The van der Waals surface area contributed by atoms with Crippen molar-refractivity contribution in [3.63, 3.8) is 0 Å². The van der Waals surface area contributed by atoms with Crippen molar-refractivity contribution in [1.82, 2.24) is 5.32 Å². The topological polar surface area (TPSA) is 39.7 Å². The molecule has 0 aliphatic carbocycles. The van der Waals surface area contributed by atoms with Crippen LogP contribution in [0.3, 0.4) is 0 Å². The second-order valence-corrected chi connectivity index (χ2v) is 6.66. The van der Waals surface area contributed by atoms with Gasteiger partial charge in [-0.05, 0) is 35.6 Å². The Balaban J connectivity index is 2.10. The molecule has 1 heterocycles. The highest BCUT2D eigenvalue weighted by atomic mass is 16.5. The van der Waals surface area contributed by atoms with Crippen LogP contribution < -0.4 is 19.5 Å². The van der Waals surface area contributed by atoms with E-state index >= 15 is 0 Å². The Morgan fingerprint density at radius 1 is 0.920 bits per heavy atom. The number of ether oxygens (including phenoxy) is 3. The van der Waals surface area contributed by atoms with E-state index in [-0.39, 0.29) is 6.04 Å². The first-order chi connectivity index (χ1) is 12.1. The molecule has 2 aromatic carbocycles. The molecule has 0 bridgehead atoms. The first kappa shape index (κ1) is 17.6. The van der Waals surface area contributed by atoms with Gasteiger partial charge < -0.3 is 19.5 Å². The third-order valence-electron chi connectivity index (χ3n) is 4.95. The van der Waals surface area contributed by atoms with E-state index in [0.717, 1.165) is 35.8 Å². The maximum absolute atomic E-state index is 5.71. The van der Waals surface area contributed by atoms with Crippen molar-refractivity contribution in [3.8, 4) is 17.2 Å². The van der Waals surface area contributed by atoms with Crippen molar-refractivity contribution in [3.05, 3.63) is 52.6 Å². The molecule has 0 saturated heterocycles. The van der Waals surface area contributed by atoms with Crippen LogP contribution in [-0.2, 0) is 6.42 Å². The number of fused-ring (bicyclic) bond motifs is 1. The average Bonchev–Trinajstić information content (AvgIpc) is 2.65. The molecule has 4 nitrogen and oxygen atoms in total. The molecule has 4 heteroatoms. The minimum Gasteiger partial charge on any atom is -0.496 e. The van der Waals surface area contributed by atoms with Crippen LogP contribution in [0.5, 0.6) is 17.2 Å². The first-order valence-corrected chi connectivity index (χ1v) is 8.75. The van der Waals surface area contributed by atoms with Crippen LogP contribution in [0.15, 0.2) is 30.3 Å². The molecule has 1 aliphatic rings. The van der Waals surface area contributed by atoms with Gasteiger partial charge in [-0.15, -0.1) is 0 Å². The van der Waals surface area contributed by atoms with Crippen LogP contribution in [0.1, 0.15) is 48.1 Å². The third-order valence-corrected chi connectivity index (χ3v) is 4.95. The molecular weight excluding hydrogens is 314 g/mol. The minimum atomic E-state index is 0.0831. The first-order valence-electron chi connectivity index (χ1n) is 8.75. The van der Waals surface area contributed by atoms with Crippen molar-refractivity contribution < 1.29 is 14.2 Å². The molecule has 2 aromatic rings. The van der Waals surface area contributed by atoms with Crippen LogP contribution in [-0.4, -0.2) is 27.9 Å². The lowest BCUT2D eigenvalue weighted by Crippen LogP contribution is -2.31. The molecule has 1 N–H and O–H groups in total. The van der Waals surface area contributed by atoms with Gasteiger partial charge in [0.15, 0.2) is 11.5 Å². The number of benzene rings is 2. The van der Waals surface area contributed by atoms with Crippen molar-refractivity contribution in [2.45, 2.75) is 32.2 Å². The molecule has 1 atom stereocenters. The van der Waals surface area contributed by atoms with E-state index in [9.17, 15) is 0 Å². The highest BCUT2D eigenvalue weighted by Gasteiger charge is 2.28. The largest absolute Gasteiger partial charge is 0.496 e. The van der Waals surface area contributed by atoms with Crippen molar-refractivity contribution >= 4 is 0 Å². The summed E-state index contributed by atoms with van der Waals surface area (Å²) in [5.41, 5.74) is 4.86. The Morgan fingerprint density at radius 2 is 1.64 bits per heavy atom. The second kappa shape index (κ2) is 7.36. The highest BCUT2D eigenvalue weighted by Crippen LogP contribution is 2.42. The molecular formula is C21H27NO3. The molecule has 0 saturated carbocycles. The lowest BCUT2D eigenvalue weighted by molar-refractivity contribution is 0.348.